The highest BCUT2D eigenvalue weighted by Crippen LogP contribution is 2.23. The molecule has 3 nitrogen and oxygen atoms in total. The van der Waals surface area contributed by atoms with Gasteiger partial charge in [0, 0.05) is 0 Å². The highest BCUT2D eigenvalue weighted by atomic mass is 16.4. The third-order valence-electron chi connectivity index (χ3n) is 2.43. The van der Waals surface area contributed by atoms with Gasteiger partial charge in [-0.2, -0.15) is 0 Å². The van der Waals surface area contributed by atoms with Crippen LogP contribution in [0.25, 0.3) is 0 Å². The lowest BCUT2D eigenvalue weighted by Crippen LogP contribution is -2.14. The Morgan fingerprint density at radius 2 is 1.93 bits per heavy atom. The Hall–Kier alpha value is -1.64. The number of hydrogen-bond donors (Lipinski definition) is 1. The zero-order valence-corrected chi connectivity index (χ0v) is 8.86. The van der Waals surface area contributed by atoms with Crippen LogP contribution < -0.4 is 0 Å². The van der Waals surface area contributed by atoms with E-state index in [1.54, 1.807) is 0 Å². The van der Waals surface area contributed by atoms with Crippen molar-refractivity contribution in [2.75, 3.05) is 0 Å². The van der Waals surface area contributed by atoms with Gasteiger partial charge in [0.1, 0.15) is 5.78 Å². The maximum absolute atomic E-state index is 11.4. The Balaban J connectivity index is 3.04. The van der Waals surface area contributed by atoms with E-state index in [2.05, 4.69) is 0 Å². The lowest BCUT2D eigenvalue weighted by molar-refractivity contribution is -0.139. The van der Waals surface area contributed by atoms with E-state index in [0.717, 1.165) is 11.1 Å². The van der Waals surface area contributed by atoms with Crippen LogP contribution in [0.3, 0.4) is 0 Å². The van der Waals surface area contributed by atoms with E-state index in [4.69, 9.17) is 5.11 Å². The van der Waals surface area contributed by atoms with E-state index in [-0.39, 0.29) is 12.2 Å². The SMILES string of the molecule is CC(=O)C(CC(=O)O)c1ccccc1C. The van der Waals surface area contributed by atoms with Crippen molar-refractivity contribution in [3.05, 3.63) is 35.4 Å². The number of ketones is 1. The lowest BCUT2D eigenvalue weighted by Gasteiger charge is -2.14. The summed E-state index contributed by atoms with van der Waals surface area (Å²) >= 11 is 0. The number of carboxylic acids is 1. The molecule has 0 radical (unpaired) electrons. The molecule has 0 spiro atoms. The van der Waals surface area contributed by atoms with Crippen LogP contribution in [0.1, 0.15) is 30.4 Å². The second-order valence-electron chi connectivity index (χ2n) is 3.62. The predicted molar refractivity (Wildman–Crippen MR) is 56.9 cm³/mol. The van der Waals surface area contributed by atoms with Gasteiger partial charge in [0.05, 0.1) is 12.3 Å². The Kier molecular flexibility index (Phi) is 3.61. The highest BCUT2D eigenvalue weighted by Gasteiger charge is 2.21. The Labute approximate surface area is 88.7 Å². The number of Topliss-reactive ketones (excluding diaryl/α,β-unsaturated/α-hetero) is 1. The molecule has 15 heavy (non-hydrogen) atoms. The minimum Gasteiger partial charge on any atom is -0.481 e. The fourth-order valence-electron chi connectivity index (χ4n) is 1.63. The molecule has 0 saturated carbocycles. The van der Waals surface area contributed by atoms with Crippen LogP contribution in [0.2, 0.25) is 0 Å². The number of carbonyl (C=O) groups excluding carboxylic acids is 1. The Bertz CT molecular complexity index is 382. The van der Waals surface area contributed by atoms with Gasteiger partial charge in [-0.15, -0.1) is 0 Å². The molecular weight excluding hydrogens is 192 g/mol. The maximum Gasteiger partial charge on any atom is 0.304 e. The van der Waals surface area contributed by atoms with Crippen molar-refractivity contribution in [3.63, 3.8) is 0 Å². The molecule has 80 valence electrons. The molecule has 3 heteroatoms. The summed E-state index contributed by atoms with van der Waals surface area (Å²) in [5.74, 6) is -1.58. The van der Waals surface area contributed by atoms with Crippen LogP contribution in [0.15, 0.2) is 24.3 Å². The van der Waals surface area contributed by atoms with E-state index >= 15 is 0 Å². The van der Waals surface area contributed by atoms with Crippen LogP contribution in [0.4, 0.5) is 0 Å². The van der Waals surface area contributed by atoms with Crippen molar-refractivity contribution in [2.45, 2.75) is 26.2 Å². The second-order valence-corrected chi connectivity index (χ2v) is 3.62. The van der Waals surface area contributed by atoms with Crippen molar-refractivity contribution in [1.29, 1.82) is 0 Å². The molecule has 1 aromatic rings. The van der Waals surface area contributed by atoms with Crippen LogP contribution in [-0.4, -0.2) is 16.9 Å². The predicted octanol–water partition coefficient (Wildman–Crippen LogP) is 2.14. The van der Waals surface area contributed by atoms with Crippen LogP contribution in [0, 0.1) is 6.92 Å². The van der Waals surface area contributed by atoms with Gasteiger partial charge in [0.15, 0.2) is 0 Å². The van der Waals surface area contributed by atoms with Crippen LogP contribution in [-0.2, 0) is 9.59 Å². The fraction of sp³-hybridized carbons (Fsp3) is 0.333. The monoisotopic (exact) mass is 206 g/mol. The molecule has 0 aliphatic carbocycles. The zero-order valence-electron chi connectivity index (χ0n) is 8.86. The molecule has 1 aromatic carbocycles. The largest absolute Gasteiger partial charge is 0.481 e. The average molecular weight is 206 g/mol. The molecule has 0 bridgehead atoms. The molecule has 0 aliphatic heterocycles. The first-order valence-corrected chi connectivity index (χ1v) is 4.80. The number of rotatable bonds is 4. The first-order chi connectivity index (χ1) is 7.02. The molecule has 0 saturated heterocycles. The van der Waals surface area contributed by atoms with Gasteiger partial charge < -0.3 is 5.11 Å². The number of carboxylic acid groups (broad SMARTS) is 1. The second kappa shape index (κ2) is 4.73. The first-order valence-electron chi connectivity index (χ1n) is 4.80. The summed E-state index contributed by atoms with van der Waals surface area (Å²) in [6.07, 6.45) is -0.139. The minimum absolute atomic E-state index is 0.105. The molecule has 0 heterocycles. The number of carbonyl (C=O) groups is 2. The van der Waals surface area contributed by atoms with E-state index in [9.17, 15) is 9.59 Å². The van der Waals surface area contributed by atoms with Gasteiger partial charge in [-0.05, 0) is 25.0 Å². The number of hydrogen-bond acceptors (Lipinski definition) is 2. The number of aryl methyl sites for hydroxylation is 1. The average Bonchev–Trinajstić information content (AvgIpc) is 2.15. The smallest absolute Gasteiger partial charge is 0.304 e. The minimum atomic E-state index is -0.946. The summed E-state index contributed by atoms with van der Waals surface area (Å²) < 4.78 is 0. The van der Waals surface area contributed by atoms with E-state index in [1.165, 1.54) is 6.92 Å². The Morgan fingerprint density at radius 1 is 1.33 bits per heavy atom. The summed E-state index contributed by atoms with van der Waals surface area (Å²) in [6, 6.07) is 7.38. The standard InChI is InChI=1S/C12H14O3/c1-8-5-3-4-6-10(8)11(9(2)13)7-12(14)15/h3-6,11H,7H2,1-2H3,(H,14,15). The van der Waals surface area contributed by atoms with Crippen LogP contribution >= 0.6 is 0 Å². The molecule has 0 aromatic heterocycles. The topological polar surface area (TPSA) is 54.4 Å². The molecule has 0 aliphatic rings. The van der Waals surface area contributed by atoms with Gasteiger partial charge in [-0.3, -0.25) is 9.59 Å². The van der Waals surface area contributed by atoms with Crippen molar-refractivity contribution >= 4 is 11.8 Å². The number of benzene rings is 1. The van der Waals surface area contributed by atoms with Crippen molar-refractivity contribution in [1.82, 2.24) is 0 Å². The molecule has 1 atom stereocenters. The van der Waals surface area contributed by atoms with Crippen molar-refractivity contribution < 1.29 is 14.7 Å². The third kappa shape index (κ3) is 2.91. The summed E-state index contributed by atoms with van der Waals surface area (Å²) in [7, 11) is 0. The molecule has 1 unspecified atom stereocenters. The van der Waals surface area contributed by atoms with Gasteiger partial charge in [-0.1, -0.05) is 24.3 Å². The summed E-state index contributed by atoms with van der Waals surface area (Å²) in [6.45, 7) is 3.31. The van der Waals surface area contributed by atoms with Gasteiger partial charge in [0.25, 0.3) is 0 Å². The highest BCUT2D eigenvalue weighted by molar-refractivity contribution is 5.87. The third-order valence-corrected chi connectivity index (χ3v) is 2.43. The molecule has 0 amide bonds. The molecule has 0 fully saturated rings. The van der Waals surface area contributed by atoms with E-state index < -0.39 is 11.9 Å². The quantitative estimate of drug-likeness (QED) is 0.821. The first kappa shape index (κ1) is 11.4. The normalized spacial score (nSPS) is 12.1. The van der Waals surface area contributed by atoms with Gasteiger partial charge in [0.2, 0.25) is 0 Å². The Morgan fingerprint density at radius 3 is 2.40 bits per heavy atom. The van der Waals surface area contributed by atoms with Gasteiger partial charge >= 0.3 is 5.97 Å². The van der Waals surface area contributed by atoms with Gasteiger partial charge in [-0.25, -0.2) is 0 Å². The fourth-order valence-corrected chi connectivity index (χ4v) is 1.63. The number of aliphatic carboxylic acids is 1. The molecular formula is C12H14O3. The van der Waals surface area contributed by atoms with Crippen molar-refractivity contribution in [3.8, 4) is 0 Å². The summed E-state index contributed by atoms with van der Waals surface area (Å²) in [4.78, 5) is 22.0. The molecule has 1 rings (SSSR count). The molecule has 1 N–H and O–H groups in total. The maximum atomic E-state index is 11.4. The zero-order chi connectivity index (χ0) is 11.4. The van der Waals surface area contributed by atoms with Crippen molar-refractivity contribution in [2.24, 2.45) is 0 Å². The van der Waals surface area contributed by atoms with E-state index in [0.29, 0.717) is 0 Å². The van der Waals surface area contributed by atoms with E-state index in [1.807, 2.05) is 31.2 Å². The summed E-state index contributed by atoms with van der Waals surface area (Å²) in [5.41, 5.74) is 1.77. The lowest BCUT2D eigenvalue weighted by atomic mass is 9.89. The summed E-state index contributed by atoms with van der Waals surface area (Å²) in [5, 5.41) is 8.73. The van der Waals surface area contributed by atoms with Crippen LogP contribution in [0.5, 0.6) is 0 Å².